The van der Waals surface area contributed by atoms with Crippen molar-refractivity contribution in [1.82, 2.24) is 5.32 Å². The normalized spacial score (nSPS) is 34.8. The smallest absolute Gasteiger partial charge is 0.220 e. The number of aliphatic hydroxyl groups is 11. The molecular formula is C46H75NO18. The first kappa shape index (κ1) is 56.6. The molecule has 0 radical (unpaired) electrons. The van der Waals surface area contributed by atoms with Gasteiger partial charge in [-0.3, -0.25) is 4.79 Å². The van der Waals surface area contributed by atoms with Crippen molar-refractivity contribution in [2.75, 3.05) is 26.4 Å². The topological polar surface area (TPSA) is 307 Å². The van der Waals surface area contributed by atoms with Crippen LogP contribution in [0.3, 0.4) is 0 Å². The fourth-order valence-corrected chi connectivity index (χ4v) is 7.16. The molecule has 3 aliphatic heterocycles. The minimum absolute atomic E-state index is 0.109. The summed E-state index contributed by atoms with van der Waals surface area (Å²) in [6.07, 6.45) is 4.19. The van der Waals surface area contributed by atoms with Crippen LogP contribution in [0.15, 0.2) is 72.9 Å². The van der Waals surface area contributed by atoms with Crippen LogP contribution in [-0.4, -0.2) is 193 Å². The predicted molar refractivity (Wildman–Crippen MR) is 235 cm³/mol. The number of carbonyl (C=O) groups excluding carboxylic acids is 1. The van der Waals surface area contributed by atoms with E-state index in [0.29, 0.717) is 19.3 Å². The second kappa shape index (κ2) is 31.3. The van der Waals surface area contributed by atoms with Gasteiger partial charge in [-0.1, -0.05) is 93.2 Å². The zero-order valence-corrected chi connectivity index (χ0v) is 37.4. The average molecular weight is 930 g/mol. The Kier molecular flexibility index (Phi) is 27.2. The van der Waals surface area contributed by atoms with Gasteiger partial charge in [0.25, 0.3) is 0 Å². The highest BCUT2D eigenvalue weighted by atomic mass is 16.8. The van der Waals surface area contributed by atoms with Crippen LogP contribution in [0.5, 0.6) is 0 Å². The summed E-state index contributed by atoms with van der Waals surface area (Å²) in [6, 6.07) is -1.03. The van der Waals surface area contributed by atoms with Crippen LogP contribution in [0.25, 0.3) is 0 Å². The molecule has 0 aliphatic carbocycles. The van der Waals surface area contributed by atoms with Crippen LogP contribution in [0.4, 0.5) is 0 Å². The molecule has 3 saturated heterocycles. The van der Waals surface area contributed by atoms with E-state index in [4.69, 9.17) is 28.4 Å². The zero-order valence-electron chi connectivity index (χ0n) is 37.4. The van der Waals surface area contributed by atoms with Gasteiger partial charge in [-0.25, -0.2) is 0 Å². The Balaban J connectivity index is 1.61. The first-order chi connectivity index (χ1) is 31.3. The molecule has 19 nitrogen and oxygen atoms in total. The van der Waals surface area contributed by atoms with Gasteiger partial charge in [0.05, 0.1) is 38.6 Å². The lowest BCUT2D eigenvalue weighted by Crippen LogP contribution is -2.66. The Morgan fingerprint density at radius 3 is 1.57 bits per heavy atom. The number of hydrogen-bond donors (Lipinski definition) is 12. The van der Waals surface area contributed by atoms with E-state index in [-0.39, 0.29) is 12.3 Å². The molecule has 17 atom stereocenters. The molecule has 17 unspecified atom stereocenters. The van der Waals surface area contributed by atoms with Gasteiger partial charge in [-0.05, 0) is 51.4 Å². The SMILES string of the molecule is CC/C=C\C/C=C\C/C=C\C/C=C\CCC(=O)NC(COC1OC(CO)C(OC2OC(CO)C(OC3OC(CO)C(O)C(O)C3O)C(O)C2O)C(O)C1O)C(O)/C=C/CC/C=C/CCC. The van der Waals surface area contributed by atoms with Crippen LogP contribution in [0, 0.1) is 0 Å². The van der Waals surface area contributed by atoms with E-state index in [1.165, 1.54) is 6.08 Å². The van der Waals surface area contributed by atoms with Crippen molar-refractivity contribution in [3.8, 4) is 0 Å². The van der Waals surface area contributed by atoms with Gasteiger partial charge in [0.1, 0.15) is 73.2 Å². The van der Waals surface area contributed by atoms with E-state index in [1.54, 1.807) is 6.08 Å². The molecule has 0 spiro atoms. The Morgan fingerprint density at radius 2 is 1.02 bits per heavy atom. The molecule has 3 heterocycles. The molecular weight excluding hydrogens is 854 g/mol. The molecule has 0 aromatic heterocycles. The van der Waals surface area contributed by atoms with Crippen LogP contribution < -0.4 is 5.32 Å². The lowest BCUT2D eigenvalue weighted by molar-refractivity contribution is -0.379. The van der Waals surface area contributed by atoms with E-state index in [2.05, 4.69) is 55.6 Å². The van der Waals surface area contributed by atoms with Gasteiger partial charge >= 0.3 is 0 Å². The van der Waals surface area contributed by atoms with Crippen molar-refractivity contribution >= 4 is 5.91 Å². The summed E-state index contributed by atoms with van der Waals surface area (Å²) in [6.45, 7) is 1.32. The largest absolute Gasteiger partial charge is 0.394 e. The monoisotopic (exact) mass is 929 g/mol. The highest BCUT2D eigenvalue weighted by Gasteiger charge is 2.53. The van der Waals surface area contributed by atoms with Crippen molar-refractivity contribution in [3.63, 3.8) is 0 Å². The van der Waals surface area contributed by atoms with Gasteiger partial charge in [-0.15, -0.1) is 0 Å². The maximum Gasteiger partial charge on any atom is 0.220 e. The zero-order chi connectivity index (χ0) is 47.7. The standard InChI is InChI=1S/C46H75NO18/c1-3-5-7-9-11-12-13-14-15-16-18-20-22-24-34(52)47-29(30(51)23-21-19-17-10-8-6-4-2)28-60-44-40(58)37(55)42(32(26-49)62-44)65-46-41(59)38(56)43(33(27-50)63-46)64-45-39(57)36(54)35(53)31(25-48)61-45/h5,7-8,10-12,14-15,18,20-21,23,29-33,35-46,48-51,53-59H,3-4,6,9,13,16-17,19,22,24-28H2,1-2H3,(H,47,52)/b7-5-,10-8+,12-11-,15-14-,20-18-,23-21+. The first-order valence-electron chi connectivity index (χ1n) is 22.7. The molecule has 3 aliphatic rings. The molecule has 19 heteroatoms. The second-order valence-electron chi connectivity index (χ2n) is 16.1. The summed E-state index contributed by atoms with van der Waals surface area (Å²) in [5, 5.41) is 119. The minimum Gasteiger partial charge on any atom is -0.394 e. The third kappa shape index (κ3) is 18.3. The number of ether oxygens (including phenoxy) is 6. The van der Waals surface area contributed by atoms with Crippen molar-refractivity contribution in [1.29, 1.82) is 0 Å². The highest BCUT2D eigenvalue weighted by molar-refractivity contribution is 5.76. The molecule has 0 aromatic carbocycles. The minimum atomic E-state index is -1.99. The van der Waals surface area contributed by atoms with E-state index in [1.807, 2.05) is 24.3 Å². The molecule has 0 aromatic rings. The Bertz CT molecular complexity index is 1490. The van der Waals surface area contributed by atoms with Crippen molar-refractivity contribution in [2.24, 2.45) is 0 Å². The number of allylic oxidation sites excluding steroid dienone is 11. The summed E-state index contributed by atoms with van der Waals surface area (Å²) in [4.78, 5) is 13.1. The summed E-state index contributed by atoms with van der Waals surface area (Å²) >= 11 is 0. The number of rotatable bonds is 28. The summed E-state index contributed by atoms with van der Waals surface area (Å²) < 4.78 is 33.8. The summed E-state index contributed by atoms with van der Waals surface area (Å²) in [7, 11) is 0. The number of amides is 1. The fourth-order valence-electron chi connectivity index (χ4n) is 7.16. The van der Waals surface area contributed by atoms with Gasteiger partial charge in [-0.2, -0.15) is 0 Å². The number of nitrogens with one attached hydrogen (secondary N) is 1. The fraction of sp³-hybridized carbons (Fsp3) is 0.717. The van der Waals surface area contributed by atoms with Crippen LogP contribution in [-0.2, 0) is 33.2 Å². The summed E-state index contributed by atoms with van der Waals surface area (Å²) in [5.74, 6) is -0.377. The number of aliphatic hydroxyl groups excluding tert-OH is 11. The highest BCUT2D eigenvalue weighted by Crippen LogP contribution is 2.32. The van der Waals surface area contributed by atoms with E-state index >= 15 is 0 Å². The number of hydrogen-bond acceptors (Lipinski definition) is 18. The molecule has 12 N–H and O–H groups in total. The molecule has 0 bridgehead atoms. The van der Waals surface area contributed by atoms with Crippen LogP contribution in [0.1, 0.15) is 78.1 Å². The third-order valence-electron chi connectivity index (χ3n) is 11.0. The summed E-state index contributed by atoms with van der Waals surface area (Å²) in [5.41, 5.74) is 0. The van der Waals surface area contributed by atoms with Crippen molar-refractivity contribution in [3.05, 3.63) is 72.9 Å². The number of unbranched alkanes of at least 4 members (excludes halogenated alkanes) is 2. The third-order valence-corrected chi connectivity index (χ3v) is 11.0. The lowest BCUT2D eigenvalue weighted by atomic mass is 9.96. The quantitative estimate of drug-likeness (QED) is 0.0350. The molecule has 0 saturated carbocycles. The van der Waals surface area contributed by atoms with E-state index in [9.17, 15) is 61.0 Å². The first-order valence-corrected chi connectivity index (χ1v) is 22.7. The molecule has 372 valence electrons. The second-order valence-corrected chi connectivity index (χ2v) is 16.1. The van der Waals surface area contributed by atoms with Crippen molar-refractivity contribution < 1.29 is 89.4 Å². The predicted octanol–water partition coefficient (Wildman–Crippen LogP) is -0.425. The van der Waals surface area contributed by atoms with Gasteiger partial charge in [0, 0.05) is 6.42 Å². The van der Waals surface area contributed by atoms with Crippen LogP contribution in [0.2, 0.25) is 0 Å². The van der Waals surface area contributed by atoms with Crippen molar-refractivity contribution in [2.45, 2.75) is 182 Å². The van der Waals surface area contributed by atoms with Gasteiger partial charge in [0.15, 0.2) is 18.9 Å². The maximum atomic E-state index is 13.1. The van der Waals surface area contributed by atoms with Gasteiger partial charge in [0.2, 0.25) is 5.91 Å². The lowest BCUT2D eigenvalue weighted by Gasteiger charge is -2.48. The Morgan fingerprint density at radius 1 is 0.554 bits per heavy atom. The molecule has 3 fully saturated rings. The number of carbonyl (C=O) groups is 1. The van der Waals surface area contributed by atoms with Gasteiger partial charge < -0.3 is 89.9 Å². The van der Waals surface area contributed by atoms with E-state index in [0.717, 1.165) is 38.5 Å². The van der Waals surface area contributed by atoms with E-state index < -0.39 is 131 Å². The Hall–Kier alpha value is -2.77. The molecule has 3 rings (SSSR count). The maximum absolute atomic E-state index is 13.1. The van der Waals surface area contributed by atoms with Crippen LogP contribution >= 0.6 is 0 Å². The molecule has 65 heavy (non-hydrogen) atoms. The average Bonchev–Trinajstić information content (AvgIpc) is 3.30. The molecule has 1 amide bonds. The Labute approximate surface area is 381 Å².